The normalized spacial score (nSPS) is 19.4. The molecular weight excluding hydrogens is 314 g/mol. The second-order valence-electron chi connectivity index (χ2n) is 7.02. The van der Waals surface area contributed by atoms with Crippen molar-refractivity contribution in [1.82, 2.24) is 9.97 Å². The van der Waals surface area contributed by atoms with Crippen LogP contribution in [0.1, 0.15) is 42.0 Å². The molecule has 0 amide bonds. The zero-order valence-electron chi connectivity index (χ0n) is 15.3. The van der Waals surface area contributed by atoms with Crippen LogP contribution in [-0.4, -0.2) is 41.4 Å². The number of nitrogens with zero attached hydrogens (tertiary/aromatic N) is 3. The molecule has 134 valence electrons. The fourth-order valence-electron chi connectivity index (χ4n) is 3.08. The van der Waals surface area contributed by atoms with Crippen molar-refractivity contribution in [2.75, 3.05) is 25.1 Å². The molecule has 0 bridgehead atoms. The van der Waals surface area contributed by atoms with Gasteiger partial charge in [-0.05, 0) is 50.3 Å². The lowest BCUT2D eigenvalue weighted by Crippen LogP contribution is -2.28. The highest BCUT2D eigenvalue weighted by Gasteiger charge is 2.29. The number of hydrogen-bond acceptors (Lipinski definition) is 5. The van der Waals surface area contributed by atoms with Gasteiger partial charge in [-0.1, -0.05) is 12.1 Å². The SMILES string of the molecule is Cc1ccc(C)c(OCCCN(C)c2cc(C3CC(O)C3)ncn2)c1. The maximum absolute atomic E-state index is 9.46. The van der Waals surface area contributed by atoms with Gasteiger partial charge in [0, 0.05) is 31.3 Å². The van der Waals surface area contributed by atoms with Crippen molar-refractivity contribution in [1.29, 1.82) is 0 Å². The topological polar surface area (TPSA) is 58.5 Å². The molecule has 1 heterocycles. The smallest absolute Gasteiger partial charge is 0.131 e. The maximum atomic E-state index is 9.46. The summed E-state index contributed by atoms with van der Waals surface area (Å²) in [5.74, 6) is 2.27. The van der Waals surface area contributed by atoms with E-state index in [1.807, 2.05) is 13.1 Å². The van der Waals surface area contributed by atoms with Crippen LogP contribution >= 0.6 is 0 Å². The lowest BCUT2D eigenvalue weighted by atomic mass is 9.80. The second-order valence-corrected chi connectivity index (χ2v) is 7.02. The van der Waals surface area contributed by atoms with Crippen molar-refractivity contribution in [3.63, 3.8) is 0 Å². The molecule has 1 fully saturated rings. The molecular formula is C20H27N3O2. The van der Waals surface area contributed by atoms with Gasteiger partial charge in [0.2, 0.25) is 0 Å². The van der Waals surface area contributed by atoms with E-state index < -0.39 is 0 Å². The molecule has 1 aromatic carbocycles. The molecule has 1 saturated carbocycles. The predicted molar refractivity (Wildman–Crippen MR) is 99.3 cm³/mol. The van der Waals surface area contributed by atoms with E-state index in [9.17, 15) is 5.11 Å². The second kappa shape index (κ2) is 7.83. The molecule has 1 aromatic heterocycles. The number of aliphatic hydroxyl groups is 1. The van der Waals surface area contributed by atoms with Crippen molar-refractivity contribution in [3.8, 4) is 5.75 Å². The number of ether oxygens (including phenoxy) is 1. The van der Waals surface area contributed by atoms with Crippen LogP contribution < -0.4 is 9.64 Å². The van der Waals surface area contributed by atoms with Gasteiger partial charge in [0.1, 0.15) is 17.9 Å². The first-order valence-electron chi connectivity index (χ1n) is 8.94. The number of rotatable bonds is 7. The van der Waals surface area contributed by atoms with E-state index >= 15 is 0 Å². The van der Waals surface area contributed by atoms with E-state index in [-0.39, 0.29) is 6.10 Å². The van der Waals surface area contributed by atoms with Gasteiger partial charge in [-0.3, -0.25) is 0 Å². The Morgan fingerprint density at radius 3 is 2.76 bits per heavy atom. The van der Waals surface area contributed by atoms with Crippen molar-refractivity contribution < 1.29 is 9.84 Å². The first-order chi connectivity index (χ1) is 12.0. The highest BCUT2D eigenvalue weighted by molar-refractivity contribution is 5.39. The summed E-state index contributed by atoms with van der Waals surface area (Å²) in [6, 6.07) is 8.32. The fourth-order valence-corrected chi connectivity index (χ4v) is 3.08. The number of aromatic nitrogens is 2. The fraction of sp³-hybridized carbons (Fsp3) is 0.500. The molecule has 1 aliphatic rings. The number of aryl methyl sites for hydroxylation is 2. The molecule has 0 unspecified atom stereocenters. The van der Waals surface area contributed by atoms with E-state index in [2.05, 4.69) is 46.9 Å². The van der Waals surface area contributed by atoms with Crippen LogP contribution in [0.25, 0.3) is 0 Å². The summed E-state index contributed by atoms with van der Waals surface area (Å²) >= 11 is 0. The van der Waals surface area contributed by atoms with Gasteiger partial charge in [0.05, 0.1) is 12.7 Å². The summed E-state index contributed by atoms with van der Waals surface area (Å²) in [6.45, 7) is 5.70. The third-order valence-electron chi connectivity index (χ3n) is 4.84. The van der Waals surface area contributed by atoms with Crippen LogP contribution in [0, 0.1) is 13.8 Å². The molecule has 3 rings (SSSR count). The standard InChI is InChI=1S/C20H27N3O2/c1-14-5-6-15(2)19(9-14)25-8-4-7-23(3)20-12-18(21-13-22-20)16-10-17(24)11-16/h5-6,9,12-13,16-17,24H,4,7-8,10-11H2,1-3H3. The monoisotopic (exact) mass is 341 g/mol. The molecule has 5 nitrogen and oxygen atoms in total. The molecule has 0 atom stereocenters. The number of anilines is 1. The average molecular weight is 341 g/mol. The summed E-state index contributed by atoms with van der Waals surface area (Å²) in [5.41, 5.74) is 3.42. The first kappa shape index (κ1) is 17.7. The van der Waals surface area contributed by atoms with E-state index in [0.717, 1.165) is 43.1 Å². The van der Waals surface area contributed by atoms with Crippen LogP contribution in [0.4, 0.5) is 5.82 Å². The third-order valence-corrected chi connectivity index (χ3v) is 4.84. The maximum Gasteiger partial charge on any atom is 0.131 e. The van der Waals surface area contributed by atoms with Crippen molar-refractivity contribution in [2.24, 2.45) is 0 Å². The molecule has 0 radical (unpaired) electrons. The van der Waals surface area contributed by atoms with Crippen LogP contribution in [0.3, 0.4) is 0 Å². The molecule has 25 heavy (non-hydrogen) atoms. The molecule has 0 aliphatic heterocycles. The third kappa shape index (κ3) is 4.48. The van der Waals surface area contributed by atoms with E-state index in [4.69, 9.17) is 4.74 Å². The van der Waals surface area contributed by atoms with Gasteiger partial charge >= 0.3 is 0 Å². The highest BCUT2D eigenvalue weighted by Crippen LogP contribution is 2.36. The Labute approximate surface area is 149 Å². The largest absolute Gasteiger partial charge is 0.493 e. The Bertz CT molecular complexity index is 714. The Hall–Kier alpha value is -2.14. The van der Waals surface area contributed by atoms with Crippen molar-refractivity contribution in [3.05, 3.63) is 47.4 Å². The Morgan fingerprint density at radius 1 is 1.20 bits per heavy atom. The van der Waals surface area contributed by atoms with Crippen molar-refractivity contribution >= 4 is 5.82 Å². The molecule has 0 spiro atoms. The van der Waals surface area contributed by atoms with Gasteiger partial charge in [-0.25, -0.2) is 9.97 Å². The zero-order chi connectivity index (χ0) is 17.8. The lowest BCUT2D eigenvalue weighted by molar-refractivity contribution is 0.0732. The van der Waals surface area contributed by atoms with Gasteiger partial charge in [-0.2, -0.15) is 0 Å². The number of benzene rings is 1. The van der Waals surface area contributed by atoms with Gasteiger partial charge in [0.15, 0.2) is 0 Å². The minimum atomic E-state index is -0.164. The minimum absolute atomic E-state index is 0.164. The predicted octanol–water partition coefficient (Wildman–Crippen LogP) is 3.24. The van der Waals surface area contributed by atoms with Gasteiger partial charge < -0.3 is 14.7 Å². The molecule has 2 aromatic rings. The lowest BCUT2D eigenvalue weighted by Gasteiger charge is -2.31. The number of hydrogen-bond donors (Lipinski definition) is 1. The quantitative estimate of drug-likeness (QED) is 0.784. The molecule has 1 aliphatic carbocycles. The summed E-state index contributed by atoms with van der Waals surface area (Å²) in [4.78, 5) is 10.9. The van der Waals surface area contributed by atoms with Gasteiger partial charge in [0.25, 0.3) is 0 Å². The average Bonchev–Trinajstić information content (AvgIpc) is 2.58. The first-order valence-corrected chi connectivity index (χ1v) is 8.94. The molecule has 1 N–H and O–H groups in total. The van der Waals surface area contributed by atoms with E-state index in [1.165, 1.54) is 11.1 Å². The zero-order valence-corrected chi connectivity index (χ0v) is 15.3. The van der Waals surface area contributed by atoms with Crippen LogP contribution in [-0.2, 0) is 0 Å². The van der Waals surface area contributed by atoms with Crippen molar-refractivity contribution in [2.45, 2.75) is 45.1 Å². The Morgan fingerprint density at radius 2 is 2.00 bits per heavy atom. The van der Waals surface area contributed by atoms with Crippen LogP contribution in [0.5, 0.6) is 5.75 Å². The van der Waals surface area contributed by atoms with E-state index in [1.54, 1.807) is 6.33 Å². The minimum Gasteiger partial charge on any atom is -0.493 e. The molecule has 0 saturated heterocycles. The van der Waals surface area contributed by atoms with Gasteiger partial charge in [-0.15, -0.1) is 0 Å². The summed E-state index contributed by atoms with van der Waals surface area (Å²) in [5, 5.41) is 9.46. The Kier molecular flexibility index (Phi) is 5.53. The summed E-state index contributed by atoms with van der Waals surface area (Å²) in [6.07, 6.45) is 4.00. The summed E-state index contributed by atoms with van der Waals surface area (Å²) < 4.78 is 5.92. The molecule has 5 heteroatoms. The van der Waals surface area contributed by atoms with E-state index in [0.29, 0.717) is 12.5 Å². The number of aliphatic hydroxyl groups excluding tert-OH is 1. The Balaban J connectivity index is 1.48. The highest BCUT2D eigenvalue weighted by atomic mass is 16.5. The van der Waals surface area contributed by atoms with Crippen LogP contribution in [0.15, 0.2) is 30.6 Å². The summed E-state index contributed by atoms with van der Waals surface area (Å²) in [7, 11) is 2.04. The van der Waals surface area contributed by atoms with Crippen LogP contribution in [0.2, 0.25) is 0 Å².